The zero-order valence-electron chi connectivity index (χ0n) is 13.6. The molecule has 1 saturated carbocycles. The number of carbonyl (C=O) groups excluding carboxylic acids is 1. The van der Waals surface area contributed by atoms with Crippen molar-refractivity contribution in [3.05, 3.63) is 58.5 Å². The summed E-state index contributed by atoms with van der Waals surface area (Å²) in [5.41, 5.74) is 5.40. The summed E-state index contributed by atoms with van der Waals surface area (Å²) in [6, 6.07) is 6.87. The number of fused-ring (bicyclic) bond motifs is 1. The summed E-state index contributed by atoms with van der Waals surface area (Å²) in [5.74, 6) is 0.665. The summed E-state index contributed by atoms with van der Waals surface area (Å²) in [4.78, 5) is 16.2. The van der Waals surface area contributed by atoms with Crippen LogP contribution in [0.25, 0.3) is 11.6 Å². The molecule has 24 heavy (non-hydrogen) atoms. The molecule has 3 nitrogen and oxygen atoms in total. The van der Waals surface area contributed by atoms with E-state index in [4.69, 9.17) is 0 Å². The van der Waals surface area contributed by atoms with Crippen LogP contribution in [0.15, 0.2) is 30.5 Å². The zero-order chi connectivity index (χ0) is 16.7. The third kappa shape index (κ3) is 2.96. The molecule has 0 aliphatic heterocycles. The molecule has 0 atom stereocenters. The molecule has 2 aliphatic carbocycles. The van der Waals surface area contributed by atoms with Crippen LogP contribution in [0.1, 0.15) is 41.5 Å². The summed E-state index contributed by atoms with van der Waals surface area (Å²) in [5, 5.41) is 2.89. The first kappa shape index (κ1) is 15.1. The Hall–Kier alpha value is -2.49. The largest absolute Gasteiger partial charge is 0.310 e. The van der Waals surface area contributed by atoms with Crippen molar-refractivity contribution in [3.63, 3.8) is 0 Å². The van der Waals surface area contributed by atoms with Gasteiger partial charge in [0.2, 0.25) is 5.91 Å². The highest BCUT2D eigenvalue weighted by Gasteiger charge is 2.29. The van der Waals surface area contributed by atoms with Gasteiger partial charge in [0, 0.05) is 12.1 Å². The van der Waals surface area contributed by atoms with E-state index in [-0.39, 0.29) is 17.6 Å². The van der Waals surface area contributed by atoms with Crippen LogP contribution < -0.4 is 5.32 Å². The van der Waals surface area contributed by atoms with Crippen molar-refractivity contribution in [2.45, 2.75) is 32.6 Å². The van der Waals surface area contributed by atoms with Crippen LogP contribution >= 0.6 is 0 Å². The number of aromatic nitrogens is 1. The van der Waals surface area contributed by atoms with E-state index in [1.165, 1.54) is 11.6 Å². The maximum atomic E-state index is 13.6. The van der Waals surface area contributed by atoms with Crippen LogP contribution in [0.4, 0.5) is 10.2 Å². The average Bonchev–Trinajstić information content (AvgIpc) is 3.42. The molecule has 0 saturated heterocycles. The molecular weight excluding hydrogens is 303 g/mol. The van der Waals surface area contributed by atoms with Gasteiger partial charge in [0.15, 0.2) is 0 Å². The lowest BCUT2D eigenvalue weighted by Gasteiger charge is -2.19. The highest BCUT2D eigenvalue weighted by molar-refractivity contribution is 5.93. The topological polar surface area (TPSA) is 42.0 Å². The molecular formula is C20H19FN2O. The highest BCUT2D eigenvalue weighted by Crippen LogP contribution is 2.33. The minimum atomic E-state index is -0.210. The third-order valence-electron chi connectivity index (χ3n) is 4.76. The maximum Gasteiger partial charge on any atom is 0.228 e. The smallest absolute Gasteiger partial charge is 0.228 e. The number of pyridine rings is 1. The van der Waals surface area contributed by atoms with Gasteiger partial charge in [0.1, 0.15) is 11.6 Å². The lowest BCUT2D eigenvalue weighted by Crippen LogP contribution is -2.15. The van der Waals surface area contributed by atoms with E-state index >= 15 is 0 Å². The molecule has 1 heterocycles. The molecule has 0 radical (unpaired) electrons. The van der Waals surface area contributed by atoms with E-state index in [1.807, 2.05) is 19.1 Å². The first-order chi connectivity index (χ1) is 11.6. The van der Waals surface area contributed by atoms with Crippen molar-refractivity contribution in [1.29, 1.82) is 0 Å². The van der Waals surface area contributed by atoms with E-state index in [0.29, 0.717) is 5.82 Å². The quantitative estimate of drug-likeness (QED) is 0.912. The van der Waals surface area contributed by atoms with Gasteiger partial charge in [-0.05, 0) is 84.7 Å². The number of anilines is 1. The highest BCUT2D eigenvalue weighted by atomic mass is 19.1. The molecule has 0 unspecified atom stereocenters. The predicted molar refractivity (Wildman–Crippen MR) is 92.9 cm³/mol. The second-order valence-electron chi connectivity index (χ2n) is 6.66. The summed E-state index contributed by atoms with van der Waals surface area (Å²) < 4.78 is 13.6. The Balaban J connectivity index is 1.61. The van der Waals surface area contributed by atoms with Crippen molar-refractivity contribution in [2.24, 2.45) is 5.92 Å². The standard InChI is InChI=1S/C20H19FN2O/c1-12-2-7-17(21)10-18(12)15-6-5-14-9-19(22-11-16(14)8-15)23-20(24)13-3-4-13/h2,7-11,13H,3-6H2,1H3,(H,22,23,24). The van der Waals surface area contributed by atoms with Crippen molar-refractivity contribution in [1.82, 2.24) is 4.98 Å². The molecule has 0 bridgehead atoms. The van der Waals surface area contributed by atoms with Crippen LogP contribution in [0.2, 0.25) is 0 Å². The normalized spacial score (nSPS) is 16.3. The van der Waals surface area contributed by atoms with Crippen LogP contribution in [0, 0.1) is 18.7 Å². The summed E-state index contributed by atoms with van der Waals surface area (Å²) in [7, 11) is 0. The summed E-state index contributed by atoms with van der Waals surface area (Å²) >= 11 is 0. The number of hydrogen-bond acceptors (Lipinski definition) is 2. The zero-order valence-corrected chi connectivity index (χ0v) is 13.6. The van der Waals surface area contributed by atoms with Crippen LogP contribution in [-0.2, 0) is 11.2 Å². The monoisotopic (exact) mass is 322 g/mol. The van der Waals surface area contributed by atoms with Gasteiger partial charge < -0.3 is 5.32 Å². The number of halogens is 1. The van der Waals surface area contributed by atoms with Gasteiger partial charge in [-0.1, -0.05) is 6.07 Å². The van der Waals surface area contributed by atoms with E-state index in [2.05, 4.69) is 16.4 Å². The second kappa shape index (κ2) is 5.86. The number of nitrogens with zero attached hydrogens (tertiary/aromatic N) is 1. The Morgan fingerprint density at radius 2 is 2.08 bits per heavy atom. The first-order valence-corrected chi connectivity index (χ1v) is 8.37. The third-order valence-corrected chi connectivity index (χ3v) is 4.76. The minimum Gasteiger partial charge on any atom is -0.310 e. The van der Waals surface area contributed by atoms with Crippen molar-refractivity contribution >= 4 is 23.4 Å². The van der Waals surface area contributed by atoms with E-state index in [1.54, 1.807) is 12.3 Å². The molecule has 1 aromatic carbocycles. The van der Waals surface area contributed by atoms with Gasteiger partial charge in [-0.15, -0.1) is 0 Å². The number of carbonyl (C=O) groups is 1. The molecule has 2 aliphatic rings. The molecule has 1 fully saturated rings. The fourth-order valence-corrected chi connectivity index (χ4v) is 3.18. The first-order valence-electron chi connectivity index (χ1n) is 8.37. The molecule has 1 amide bonds. The molecule has 0 spiro atoms. The second-order valence-corrected chi connectivity index (χ2v) is 6.66. The summed E-state index contributed by atoms with van der Waals surface area (Å²) in [6.07, 6.45) is 7.57. The number of nitrogens with one attached hydrogen (secondary N) is 1. The molecule has 1 N–H and O–H groups in total. The molecule has 4 heteroatoms. The molecule has 2 aromatic rings. The molecule has 1 aromatic heterocycles. The fraction of sp³-hybridized carbons (Fsp3) is 0.300. The molecule has 4 rings (SSSR count). The van der Waals surface area contributed by atoms with Crippen molar-refractivity contribution in [3.8, 4) is 0 Å². The number of allylic oxidation sites excluding steroid dienone is 1. The van der Waals surface area contributed by atoms with Gasteiger partial charge in [0.25, 0.3) is 0 Å². The van der Waals surface area contributed by atoms with Crippen LogP contribution in [-0.4, -0.2) is 10.9 Å². The van der Waals surface area contributed by atoms with Crippen molar-refractivity contribution < 1.29 is 9.18 Å². The van der Waals surface area contributed by atoms with E-state index in [9.17, 15) is 9.18 Å². The number of amides is 1. The Morgan fingerprint density at radius 1 is 1.25 bits per heavy atom. The van der Waals surface area contributed by atoms with E-state index < -0.39 is 0 Å². The Bertz CT molecular complexity index is 853. The Morgan fingerprint density at radius 3 is 2.88 bits per heavy atom. The number of rotatable bonds is 3. The van der Waals surface area contributed by atoms with Gasteiger partial charge >= 0.3 is 0 Å². The number of aryl methyl sites for hydroxylation is 2. The Kier molecular flexibility index (Phi) is 3.68. The summed E-state index contributed by atoms with van der Waals surface area (Å²) in [6.45, 7) is 2.00. The lowest BCUT2D eigenvalue weighted by molar-refractivity contribution is -0.117. The average molecular weight is 322 g/mol. The fourth-order valence-electron chi connectivity index (χ4n) is 3.18. The number of hydrogen-bond donors (Lipinski definition) is 1. The maximum absolute atomic E-state index is 13.6. The van der Waals surface area contributed by atoms with Crippen LogP contribution in [0.3, 0.4) is 0 Å². The van der Waals surface area contributed by atoms with Crippen molar-refractivity contribution in [2.75, 3.05) is 5.32 Å². The lowest BCUT2D eigenvalue weighted by atomic mass is 9.88. The van der Waals surface area contributed by atoms with Gasteiger partial charge in [-0.3, -0.25) is 4.79 Å². The van der Waals surface area contributed by atoms with Crippen LogP contribution in [0.5, 0.6) is 0 Å². The minimum absolute atomic E-state index is 0.0740. The van der Waals surface area contributed by atoms with Gasteiger partial charge in [0.05, 0.1) is 0 Å². The van der Waals surface area contributed by atoms with E-state index in [0.717, 1.165) is 47.9 Å². The SMILES string of the molecule is Cc1ccc(F)cc1C1=Cc2cnc(NC(=O)C3CC3)cc2CC1. The predicted octanol–water partition coefficient (Wildman–Crippen LogP) is 4.36. The number of benzene rings is 1. The Labute approximate surface area is 140 Å². The van der Waals surface area contributed by atoms with Gasteiger partial charge in [-0.2, -0.15) is 0 Å². The molecule has 122 valence electrons. The van der Waals surface area contributed by atoms with Gasteiger partial charge in [-0.25, -0.2) is 9.37 Å².